The molecule has 0 aromatic heterocycles. The lowest BCUT2D eigenvalue weighted by Crippen LogP contribution is -2.36. The first-order valence-electron chi connectivity index (χ1n) is 5.87. The molecule has 16 heavy (non-hydrogen) atoms. The van der Waals surface area contributed by atoms with Crippen molar-refractivity contribution in [2.75, 3.05) is 13.1 Å². The van der Waals surface area contributed by atoms with E-state index in [2.05, 4.69) is 0 Å². The Bertz CT molecular complexity index is 319. The highest BCUT2D eigenvalue weighted by Crippen LogP contribution is 2.35. The van der Waals surface area contributed by atoms with Crippen molar-refractivity contribution < 1.29 is 14.3 Å². The lowest BCUT2D eigenvalue weighted by atomic mass is 10.0. The maximum absolute atomic E-state index is 11.8. The van der Waals surface area contributed by atoms with E-state index in [1.807, 2.05) is 20.8 Å². The smallest absolute Gasteiger partial charge is 0.410 e. The minimum Gasteiger partial charge on any atom is -0.444 e. The Hall–Kier alpha value is -1.06. The van der Waals surface area contributed by atoms with Crippen LogP contribution in [0.5, 0.6) is 0 Å². The van der Waals surface area contributed by atoms with Gasteiger partial charge in [0.25, 0.3) is 0 Å². The van der Waals surface area contributed by atoms with Crippen molar-refractivity contribution in [2.45, 2.75) is 39.2 Å². The van der Waals surface area contributed by atoms with Gasteiger partial charge in [0, 0.05) is 25.4 Å². The minimum absolute atomic E-state index is 0.0764. The van der Waals surface area contributed by atoms with Gasteiger partial charge in [0.05, 0.1) is 0 Å². The number of ether oxygens (including phenoxy) is 1. The normalized spacial score (nSPS) is 29.4. The van der Waals surface area contributed by atoms with Gasteiger partial charge in [0.1, 0.15) is 11.4 Å². The molecule has 0 N–H and O–H groups in total. The molecule has 4 nitrogen and oxygen atoms in total. The summed E-state index contributed by atoms with van der Waals surface area (Å²) in [6.45, 7) is 6.80. The molecule has 2 aliphatic rings. The summed E-state index contributed by atoms with van der Waals surface area (Å²) in [7, 11) is 0. The van der Waals surface area contributed by atoms with E-state index < -0.39 is 5.60 Å². The molecule has 0 aromatic carbocycles. The number of carbonyl (C=O) groups is 2. The molecule has 2 atom stereocenters. The maximum atomic E-state index is 11.8. The molecule has 2 fully saturated rings. The maximum Gasteiger partial charge on any atom is 0.410 e. The molecule has 1 amide bonds. The number of amides is 1. The quantitative estimate of drug-likeness (QED) is 0.632. The van der Waals surface area contributed by atoms with Crippen molar-refractivity contribution in [3.63, 3.8) is 0 Å². The molecule has 1 aliphatic heterocycles. The Morgan fingerprint density at radius 1 is 1.38 bits per heavy atom. The second kappa shape index (κ2) is 3.75. The van der Waals surface area contributed by atoms with E-state index in [1.54, 1.807) is 4.90 Å². The molecular formula is C12H19NO3. The standard InChI is InChI=1S/C12H19NO3/c1-12(2,3)16-11(15)13-6-8-4-5-10(14)9(8)7-13/h8-9H,4-7H2,1-3H3/t8-,9-/m0/s1. The van der Waals surface area contributed by atoms with Crippen LogP contribution in [0, 0.1) is 11.8 Å². The first kappa shape index (κ1) is 11.4. The van der Waals surface area contributed by atoms with Crippen molar-refractivity contribution in [1.29, 1.82) is 0 Å². The lowest BCUT2D eigenvalue weighted by molar-refractivity contribution is -0.120. The Morgan fingerprint density at radius 3 is 2.62 bits per heavy atom. The summed E-state index contributed by atoms with van der Waals surface area (Å²) in [4.78, 5) is 25.0. The molecule has 0 bridgehead atoms. The van der Waals surface area contributed by atoms with Gasteiger partial charge in [0.15, 0.2) is 0 Å². The largest absolute Gasteiger partial charge is 0.444 e. The minimum atomic E-state index is -0.460. The fourth-order valence-electron chi connectivity index (χ4n) is 2.52. The highest BCUT2D eigenvalue weighted by Gasteiger charge is 2.44. The van der Waals surface area contributed by atoms with E-state index in [-0.39, 0.29) is 12.0 Å². The number of rotatable bonds is 0. The third kappa shape index (κ3) is 2.20. The molecule has 0 radical (unpaired) electrons. The average molecular weight is 225 g/mol. The zero-order valence-corrected chi connectivity index (χ0v) is 10.2. The van der Waals surface area contributed by atoms with Crippen molar-refractivity contribution in [2.24, 2.45) is 11.8 Å². The summed E-state index contributed by atoms with van der Waals surface area (Å²) in [5.41, 5.74) is -0.460. The van der Waals surface area contributed by atoms with Crippen LogP contribution >= 0.6 is 0 Å². The zero-order valence-electron chi connectivity index (χ0n) is 10.2. The summed E-state index contributed by atoms with van der Waals surface area (Å²) >= 11 is 0. The van der Waals surface area contributed by atoms with E-state index in [0.29, 0.717) is 31.2 Å². The second-order valence-electron chi connectivity index (χ2n) is 5.76. The number of Topliss-reactive ketones (excluding diaryl/α,β-unsaturated/α-hetero) is 1. The molecule has 0 spiro atoms. The van der Waals surface area contributed by atoms with Gasteiger partial charge in [-0.15, -0.1) is 0 Å². The lowest BCUT2D eigenvalue weighted by Gasteiger charge is -2.24. The van der Waals surface area contributed by atoms with Crippen LogP contribution < -0.4 is 0 Å². The highest BCUT2D eigenvalue weighted by molar-refractivity contribution is 5.85. The van der Waals surface area contributed by atoms with Crippen LogP contribution in [0.2, 0.25) is 0 Å². The van der Waals surface area contributed by atoms with Gasteiger partial charge in [-0.2, -0.15) is 0 Å². The number of nitrogens with zero attached hydrogens (tertiary/aromatic N) is 1. The van der Waals surface area contributed by atoms with Gasteiger partial charge in [-0.25, -0.2) is 4.79 Å². The van der Waals surface area contributed by atoms with Crippen LogP contribution in [-0.4, -0.2) is 35.5 Å². The van der Waals surface area contributed by atoms with Gasteiger partial charge in [-0.3, -0.25) is 4.79 Å². The molecular weight excluding hydrogens is 206 g/mol. The molecule has 1 saturated heterocycles. The van der Waals surface area contributed by atoms with Crippen molar-refractivity contribution in [3.05, 3.63) is 0 Å². The summed E-state index contributed by atoms with van der Waals surface area (Å²) in [6.07, 6.45) is 1.34. The molecule has 90 valence electrons. The summed E-state index contributed by atoms with van der Waals surface area (Å²) < 4.78 is 5.30. The first-order valence-corrected chi connectivity index (χ1v) is 5.87. The van der Waals surface area contributed by atoms with Gasteiger partial charge >= 0.3 is 6.09 Å². The van der Waals surface area contributed by atoms with E-state index in [1.165, 1.54) is 0 Å². The zero-order chi connectivity index (χ0) is 11.9. The fourth-order valence-corrected chi connectivity index (χ4v) is 2.52. The average Bonchev–Trinajstić information content (AvgIpc) is 2.65. The Kier molecular flexibility index (Phi) is 2.68. The van der Waals surface area contributed by atoms with E-state index >= 15 is 0 Å². The van der Waals surface area contributed by atoms with Crippen molar-refractivity contribution in [3.8, 4) is 0 Å². The van der Waals surface area contributed by atoms with E-state index in [9.17, 15) is 9.59 Å². The monoisotopic (exact) mass is 225 g/mol. The van der Waals surface area contributed by atoms with Gasteiger partial charge in [-0.1, -0.05) is 0 Å². The molecule has 1 aliphatic carbocycles. The summed E-state index contributed by atoms with van der Waals surface area (Å²) in [5.74, 6) is 0.767. The molecule has 0 unspecified atom stereocenters. The van der Waals surface area contributed by atoms with E-state index in [4.69, 9.17) is 4.74 Å². The molecule has 2 rings (SSSR count). The first-order chi connectivity index (χ1) is 7.37. The number of hydrogen-bond donors (Lipinski definition) is 0. The Labute approximate surface area is 95.9 Å². The predicted octanol–water partition coefficient (Wildman–Crippen LogP) is 1.83. The predicted molar refractivity (Wildman–Crippen MR) is 59.0 cm³/mol. The van der Waals surface area contributed by atoms with Crippen LogP contribution in [0.1, 0.15) is 33.6 Å². The van der Waals surface area contributed by atoms with Crippen LogP contribution in [0.15, 0.2) is 0 Å². The van der Waals surface area contributed by atoms with Crippen LogP contribution in [0.25, 0.3) is 0 Å². The SMILES string of the molecule is CC(C)(C)OC(=O)N1C[C@@H]2CCC(=O)[C@H]2C1. The van der Waals surface area contributed by atoms with Crippen molar-refractivity contribution >= 4 is 11.9 Å². The number of carbonyl (C=O) groups excluding carboxylic acids is 2. The van der Waals surface area contributed by atoms with E-state index in [0.717, 1.165) is 6.42 Å². The fraction of sp³-hybridized carbons (Fsp3) is 0.833. The summed E-state index contributed by atoms with van der Waals surface area (Å²) in [6, 6.07) is 0. The molecule has 1 saturated carbocycles. The molecule has 4 heteroatoms. The van der Waals surface area contributed by atoms with Gasteiger partial charge < -0.3 is 9.64 Å². The van der Waals surface area contributed by atoms with Crippen LogP contribution in [-0.2, 0) is 9.53 Å². The van der Waals surface area contributed by atoms with Crippen LogP contribution in [0.3, 0.4) is 0 Å². The number of hydrogen-bond acceptors (Lipinski definition) is 3. The van der Waals surface area contributed by atoms with Gasteiger partial charge in [-0.05, 0) is 33.1 Å². The topological polar surface area (TPSA) is 46.6 Å². The second-order valence-corrected chi connectivity index (χ2v) is 5.76. The third-order valence-corrected chi connectivity index (χ3v) is 3.27. The molecule has 0 aromatic rings. The Balaban J connectivity index is 1.94. The van der Waals surface area contributed by atoms with Gasteiger partial charge in [0.2, 0.25) is 0 Å². The highest BCUT2D eigenvalue weighted by atomic mass is 16.6. The Morgan fingerprint density at radius 2 is 2.06 bits per heavy atom. The third-order valence-electron chi connectivity index (χ3n) is 3.27. The summed E-state index contributed by atoms with van der Waals surface area (Å²) in [5, 5.41) is 0. The number of fused-ring (bicyclic) bond motifs is 1. The molecule has 1 heterocycles. The van der Waals surface area contributed by atoms with Crippen LogP contribution in [0.4, 0.5) is 4.79 Å². The number of likely N-dealkylation sites (tertiary alicyclic amines) is 1. The number of ketones is 1. The van der Waals surface area contributed by atoms with Crippen molar-refractivity contribution in [1.82, 2.24) is 4.90 Å².